The molecule has 0 aliphatic rings. The number of halogens is 1. The van der Waals surface area contributed by atoms with Gasteiger partial charge in [-0.05, 0) is 75.0 Å². The number of nitrogens with one attached hydrogen (secondary N) is 1. The number of aryl methyl sites for hydroxylation is 1. The van der Waals surface area contributed by atoms with Crippen molar-refractivity contribution >= 4 is 27.5 Å². The van der Waals surface area contributed by atoms with Crippen LogP contribution in [0.4, 0.5) is 5.69 Å². The molecule has 2 rings (SSSR count). The Labute approximate surface area is 178 Å². The van der Waals surface area contributed by atoms with E-state index in [4.69, 9.17) is 4.74 Å². The molecule has 0 bridgehead atoms. The molecule has 0 saturated heterocycles. The van der Waals surface area contributed by atoms with Crippen LogP contribution in [-0.2, 0) is 16.6 Å². The normalized spacial score (nSPS) is 12.0. The van der Waals surface area contributed by atoms with Gasteiger partial charge in [0.25, 0.3) is 5.91 Å². The number of carbonyl (C=O) groups excluding carboxylic acids is 1. The van der Waals surface area contributed by atoms with Crippen LogP contribution < -0.4 is 10.1 Å². The zero-order valence-electron chi connectivity index (χ0n) is 17.9. The van der Waals surface area contributed by atoms with Gasteiger partial charge in [-0.3, -0.25) is 4.79 Å². The van der Waals surface area contributed by atoms with Crippen molar-refractivity contribution in [2.75, 3.05) is 11.9 Å². The van der Waals surface area contributed by atoms with Gasteiger partial charge in [-0.1, -0.05) is 59.7 Å². The summed E-state index contributed by atoms with van der Waals surface area (Å²) in [7, 11) is 0. The van der Waals surface area contributed by atoms with E-state index in [1.807, 2.05) is 30.3 Å². The van der Waals surface area contributed by atoms with Crippen molar-refractivity contribution in [3.8, 4) is 5.75 Å². The van der Waals surface area contributed by atoms with E-state index < -0.39 is 0 Å². The van der Waals surface area contributed by atoms with Crippen LogP contribution in [0, 0.1) is 5.41 Å². The minimum Gasteiger partial charge on any atom is -0.484 e. The second-order valence-corrected chi connectivity index (χ2v) is 10.0. The van der Waals surface area contributed by atoms with E-state index in [1.165, 1.54) is 11.1 Å². The topological polar surface area (TPSA) is 38.3 Å². The Morgan fingerprint density at radius 2 is 1.68 bits per heavy atom. The summed E-state index contributed by atoms with van der Waals surface area (Å²) in [6.07, 6.45) is 2.05. The Balaban J connectivity index is 1.93. The maximum absolute atomic E-state index is 12.2. The third kappa shape index (κ3) is 6.66. The molecule has 3 nitrogen and oxygen atoms in total. The average Bonchev–Trinajstić information content (AvgIpc) is 2.60. The molecule has 0 saturated carbocycles. The van der Waals surface area contributed by atoms with Gasteiger partial charge in [0.05, 0.1) is 5.69 Å². The van der Waals surface area contributed by atoms with Crippen molar-refractivity contribution in [3.05, 3.63) is 58.1 Å². The fourth-order valence-electron chi connectivity index (χ4n) is 3.65. The summed E-state index contributed by atoms with van der Waals surface area (Å²) < 4.78 is 6.55. The molecule has 0 aliphatic carbocycles. The smallest absolute Gasteiger partial charge is 0.262 e. The standard InChI is InChI=1S/C24H32BrNO2/c1-7-17-8-13-21(20(25)14-17)26-22(27)15-28-19-11-9-18(10-12-19)24(5,6)16-23(2,3)4/h8-14H,7,15-16H2,1-6H3,(H,26,27). The molecule has 1 N–H and O–H groups in total. The Morgan fingerprint density at radius 1 is 1.04 bits per heavy atom. The van der Waals surface area contributed by atoms with Crippen LogP contribution in [0.25, 0.3) is 0 Å². The lowest BCUT2D eigenvalue weighted by molar-refractivity contribution is -0.118. The van der Waals surface area contributed by atoms with Crippen molar-refractivity contribution in [2.45, 2.75) is 59.8 Å². The fraction of sp³-hybridized carbons (Fsp3) is 0.458. The molecular formula is C24H32BrNO2. The van der Waals surface area contributed by atoms with E-state index in [2.05, 4.69) is 74.9 Å². The molecular weight excluding hydrogens is 414 g/mol. The largest absolute Gasteiger partial charge is 0.484 e. The first-order valence-corrected chi connectivity index (χ1v) is 10.6. The quantitative estimate of drug-likeness (QED) is 0.511. The van der Waals surface area contributed by atoms with Gasteiger partial charge in [-0.2, -0.15) is 0 Å². The monoisotopic (exact) mass is 445 g/mol. The minimum absolute atomic E-state index is 0.0211. The Morgan fingerprint density at radius 3 is 2.21 bits per heavy atom. The number of rotatable bonds is 7. The number of ether oxygens (including phenoxy) is 1. The first kappa shape index (κ1) is 22.5. The molecule has 28 heavy (non-hydrogen) atoms. The summed E-state index contributed by atoms with van der Waals surface area (Å²) in [4.78, 5) is 12.2. The van der Waals surface area contributed by atoms with Crippen molar-refractivity contribution in [3.63, 3.8) is 0 Å². The van der Waals surface area contributed by atoms with E-state index in [1.54, 1.807) is 0 Å². The molecule has 0 radical (unpaired) electrons. The lowest BCUT2D eigenvalue weighted by Crippen LogP contribution is -2.24. The highest BCUT2D eigenvalue weighted by atomic mass is 79.9. The molecule has 2 aromatic rings. The highest BCUT2D eigenvalue weighted by Gasteiger charge is 2.27. The Hall–Kier alpha value is -1.81. The molecule has 4 heteroatoms. The number of hydrogen-bond donors (Lipinski definition) is 1. The van der Waals surface area contributed by atoms with E-state index in [0.29, 0.717) is 5.75 Å². The van der Waals surface area contributed by atoms with E-state index in [0.717, 1.165) is 23.0 Å². The second-order valence-electron chi connectivity index (χ2n) is 9.15. The van der Waals surface area contributed by atoms with Gasteiger partial charge >= 0.3 is 0 Å². The van der Waals surface area contributed by atoms with Crippen LogP contribution >= 0.6 is 15.9 Å². The molecule has 0 heterocycles. The number of amides is 1. The number of benzene rings is 2. The predicted octanol–water partition coefficient (Wildman–Crippen LogP) is 6.74. The maximum Gasteiger partial charge on any atom is 0.262 e. The van der Waals surface area contributed by atoms with Crippen molar-refractivity contribution < 1.29 is 9.53 Å². The van der Waals surface area contributed by atoms with Gasteiger partial charge in [0.15, 0.2) is 6.61 Å². The highest BCUT2D eigenvalue weighted by Crippen LogP contribution is 2.36. The summed E-state index contributed by atoms with van der Waals surface area (Å²) in [5.74, 6) is 0.521. The van der Waals surface area contributed by atoms with E-state index in [-0.39, 0.29) is 23.3 Å². The third-order valence-corrected chi connectivity index (χ3v) is 5.35. The Bertz CT molecular complexity index is 804. The van der Waals surface area contributed by atoms with Crippen LogP contribution in [0.15, 0.2) is 46.9 Å². The number of hydrogen-bond acceptors (Lipinski definition) is 2. The molecule has 152 valence electrons. The summed E-state index contributed by atoms with van der Waals surface area (Å²) in [5.41, 5.74) is 3.60. The molecule has 0 atom stereocenters. The first-order chi connectivity index (χ1) is 13.0. The van der Waals surface area contributed by atoms with Gasteiger partial charge in [0, 0.05) is 4.47 Å². The second kappa shape index (κ2) is 9.13. The van der Waals surface area contributed by atoms with Gasteiger partial charge in [0.2, 0.25) is 0 Å². The summed E-state index contributed by atoms with van der Waals surface area (Å²) in [6, 6.07) is 14.0. The van der Waals surface area contributed by atoms with Gasteiger partial charge in [0.1, 0.15) is 5.75 Å². The van der Waals surface area contributed by atoms with Crippen LogP contribution in [0.1, 0.15) is 59.1 Å². The lowest BCUT2D eigenvalue weighted by Gasteiger charge is -2.33. The summed E-state index contributed by atoms with van der Waals surface area (Å²) in [6.45, 7) is 13.4. The molecule has 0 unspecified atom stereocenters. The van der Waals surface area contributed by atoms with Crippen LogP contribution in [0.3, 0.4) is 0 Å². The molecule has 0 spiro atoms. The number of carbonyl (C=O) groups is 1. The average molecular weight is 446 g/mol. The molecule has 1 amide bonds. The van der Waals surface area contributed by atoms with Crippen LogP contribution in [0.5, 0.6) is 5.75 Å². The number of anilines is 1. The molecule has 0 fully saturated rings. The third-order valence-electron chi connectivity index (χ3n) is 4.69. The lowest BCUT2D eigenvalue weighted by atomic mass is 9.72. The van der Waals surface area contributed by atoms with Gasteiger partial charge in [-0.25, -0.2) is 0 Å². The minimum atomic E-state index is -0.179. The Kier molecular flexibility index (Phi) is 7.33. The molecule has 0 aliphatic heterocycles. The van der Waals surface area contributed by atoms with Crippen LogP contribution in [-0.4, -0.2) is 12.5 Å². The van der Waals surface area contributed by atoms with Crippen molar-refractivity contribution in [1.29, 1.82) is 0 Å². The molecule has 0 aromatic heterocycles. The van der Waals surface area contributed by atoms with Crippen LogP contribution in [0.2, 0.25) is 0 Å². The highest BCUT2D eigenvalue weighted by molar-refractivity contribution is 9.10. The van der Waals surface area contributed by atoms with Gasteiger partial charge in [-0.15, -0.1) is 0 Å². The van der Waals surface area contributed by atoms with Gasteiger partial charge < -0.3 is 10.1 Å². The fourth-order valence-corrected chi connectivity index (χ4v) is 4.17. The summed E-state index contributed by atoms with van der Waals surface area (Å²) in [5, 5.41) is 2.88. The van der Waals surface area contributed by atoms with E-state index in [9.17, 15) is 4.79 Å². The van der Waals surface area contributed by atoms with Crippen molar-refractivity contribution in [2.24, 2.45) is 5.41 Å². The zero-order chi connectivity index (χ0) is 20.9. The summed E-state index contributed by atoms with van der Waals surface area (Å²) >= 11 is 3.50. The molecule has 2 aromatic carbocycles. The zero-order valence-corrected chi connectivity index (χ0v) is 19.4. The first-order valence-electron chi connectivity index (χ1n) is 9.82. The SMILES string of the molecule is CCc1ccc(NC(=O)COc2ccc(C(C)(C)CC(C)(C)C)cc2)c(Br)c1. The maximum atomic E-state index is 12.2. The predicted molar refractivity (Wildman–Crippen MR) is 121 cm³/mol. The van der Waals surface area contributed by atoms with E-state index >= 15 is 0 Å². The van der Waals surface area contributed by atoms with Crippen molar-refractivity contribution in [1.82, 2.24) is 0 Å².